The van der Waals surface area contributed by atoms with E-state index in [2.05, 4.69) is 0 Å². The average Bonchev–Trinajstić information content (AvgIpc) is 2.52. The fourth-order valence-corrected chi connectivity index (χ4v) is 2.90. The molecule has 0 radical (unpaired) electrons. The van der Waals surface area contributed by atoms with Crippen LogP contribution >= 0.6 is 24.0 Å². The van der Waals surface area contributed by atoms with Gasteiger partial charge in [-0.2, -0.15) is 0 Å². The SMILES string of the molecule is CCC(CC)[C@@H](Oc1cc(F)cc(Cl)c1)[C@H](C)OC(=O)[C@@H](N)C(C)C.Cl. The molecule has 0 spiro atoms. The molecule has 0 amide bonds. The van der Waals surface area contributed by atoms with Crippen molar-refractivity contribution in [3.63, 3.8) is 0 Å². The summed E-state index contributed by atoms with van der Waals surface area (Å²) < 4.78 is 25.1. The number of ether oxygens (including phenoxy) is 2. The van der Waals surface area contributed by atoms with Crippen molar-refractivity contribution in [2.45, 2.75) is 65.7 Å². The second-order valence-corrected chi connectivity index (χ2v) is 7.11. The molecule has 26 heavy (non-hydrogen) atoms. The van der Waals surface area contributed by atoms with Gasteiger partial charge in [-0.3, -0.25) is 4.79 Å². The van der Waals surface area contributed by atoms with Gasteiger partial charge in [0.15, 0.2) is 0 Å². The molecule has 2 N–H and O–H groups in total. The summed E-state index contributed by atoms with van der Waals surface area (Å²) in [6.45, 7) is 9.57. The van der Waals surface area contributed by atoms with Crippen molar-refractivity contribution < 1.29 is 18.7 Å². The highest BCUT2D eigenvalue weighted by Crippen LogP contribution is 2.27. The fourth-order valence-electron chi connectivity index (χ4n) is 2.68. The molecule has 1 rings (SSSR count). The van der Waals surface area contributed by atoms with Crippen molar-refractivity contribution in [3.05, 3.63) is 29.0 Å². The van der Waals surface area contributed by atoms with E-state index in [0.29, 0.717) is 5.75 Å². The molecule has 1 aromatic rings. The number of esters is 1. The van der Waals surface area contributed by atoms with Crippen LogP contribution < -0.4 is 10.5 Å². The second-order valence-electron chi connectivity index (χ2n) is 6.68. The van der Waals surface area contributed by atoms with Gasteiger partial charge in [-0.15, -0.1) is 12.4 Å². The molecular formula is C19H30Cl2FNO3. The molecule has 0 unspecified atom stereocenters. The van der Waals surface area contributed by atoms with Crippen molar-refractivity contribution in [1.29, 1.82) is 0 Å². The molecule has 0 aliphatic heterocycles. The monoisotopic (exact) mass is 409 g/mol. The molecule has 0 aliphatic rings. The quantitative estimate of drug-likeness (QED) is 0.582. The molecule has 4 nitrogen and oxygen atoms in total. The molecule has 0 saturated heterocycles. The van der Waals surface area contributed by atoms with E-state index in [9.17, 15) is 9.18 Å². The number of nitrogens with two attached hydrogens (primary N) is 1. The van der Waals surface area contributed by atoms with Crippen LogP contribution in [0.2, 0.25) is 5.02 Å². The van der Waals surface area contributed by atoms with Crippen LogP contribution in [-0.2, 0) is 9.53 Å². The Bertz CT molecular complexity index is 547. The zero-order chi connectivity index (χ0) is 19.1. The fraction of sp³-hybridized carbons (Fsp3) is 0.632. The topological polar surface area (TPSA) is 61.5 Å². The third-order valence-corrected chi connectivity index (χ3v) is 4.59. The molecule has 1 aromatic carbocycles. The lowest BCUT2D eigenvalue weighted by atomic mass is 9.93. The zero-order valence-electron chi connectivity index (χ0n) is 16.0. The molecule has 7 heteroatoms. The van der Waals surface area contributed by atoms with Gasteiger partial charge >= 0.3 is 5.97 Å². The van der Waals surface area contributed by atoms with Crippen LogP contribution in [0.4, 0.5) is 4.39 Å². The summed E-state index contributed by atoms with van der Waals surface area (Å²) in [7, 11) is 0. The van der Waals surface area contributed by atoms with Crippen molar-refractivity contribution in [1.82, 2.24) is 0 Å². The summed E-state index contributed by atoms with van der Waals surface area (Å²) in [5.74, 6) is -0.496. The minimum absolute atomic E-state index is 0. The number of rotatable bonds is 9. The van der Waals surface area contributed by atoms with E-state index in [0.717, 1.165) is 12.8 Å². The van der Waals surface area contributed by atoms with Gasteiger partial charge in [0.25, 0.3) is 0 Å². The van der Waals surface area contributed by atoms with Crippen LogP contribution in [0.15, 0.2) is 18.2 Å². The summed E-state index contributed by atoms with van der Waals surface area (Å²) >= 11 is 5.90. The van der Waals surface area contributed by atoms with E-state index in [1.165, 1.54) is 12.1 Å². The molecule has 3 atom stereocenters. The van der Waals surface area contributed by atoms with Gasteiger partial charge < -0.3 is 15.2 Å². The minimum Gasteiger partial charge on any atom is -0.486 e. The first-order chi connectivity index (χ1) is 11.7. The maximum absolute atomic E-state index is 13.6. The lowest BCUT2D eigenvalue weighted by molar-refractivity contribution is -0.157. The summed E-state index contributed by atoms with van der Waals surface area (Å²) in [5, 5.41) is 0.254. The van der Waals surface area contributed by atoms with Crippen LogP contribution in [-0.4, -0.2) is 24.2 Å². The minimum atomic E-state index is -0.687. The predicted molar refractivity (Wildman–Crippen MR) is 106 cm³/mol. The Hall–Kier alpha value is -1.04. The lowest BCUT2D eigenvalue weighted by Gasteiger charge is -2.32. The Morgan fingerprint density at radius 3 is 2.23 bits per heavy atom. The standard InChI is InChI=1S/C19H29ClFNO3.ClH/c1-6-13(7-2)18(12(5)24-19(23)17(22)11(3)4)25-16-9-14(20)8-15(21)10-16;/h8-13,17-18H,6-7,22H2,1-5H3;1H/t12-,17-,18-;/m0./s1. The van der Waals surface area contributed by atoms with E-state index < -0.39 is 30.0 Å². The third-order valence-electron chi connectivity index (χ3n) is 4.38. The average molecular weight is 410 g/mol. The Labute approximate surface area is 167 Å². The highest BCUT2D eigenvalue weighted by atomic mass is 35.5. The van der Waals surface area contributed by atoms with E-state index in [4.69, 9.17) is 26.8 Å². The summed E-state index contributed by atoms with van der Waals surface area (Å²) in [4.78, 5) is 12.2. The Balaban J connectivity index is 0.00000625. The Morgan fingerprint density at radius 1 is 1.19 bits per heavy atom. The van der Waals surface area contributed by atoms with Crippen molar-refractivity contribution in [2.24, 2.45) is 17.6 Å². The van der Waals surface area contributed by atoms with Crippen molar-refractivity contribution in [2.75, 3.05) is 0 Å². The molecular weight excluding hydrogens is 380 g/mol. The molecule has 0 bridgehead atoms. The summed E-state index contributed by atoms with van der Waals surface area (Å²) in [5.41, 5.74) is 5.86. The number of carbonyl (C=O) groups excluding carboxylic acids is 1. The number of benzene rings is 1. The highest BCUT2D eigenvalue weighted by molar-refractivity contribution is 6.30. The summed E-state index contributed by atoms with van der Waals surface area (Å²) in [6, 6.07) is 3.35. The van der Waals surface area contributed by atoms with E-state index in [1.807, 2.05) is 27.7 Å². The third kappa shape index (κ3) is 7.29. The number of hydrogen-bond donors (Lipinski definition) is 1. The van der Waals surface area contributed by atoms with E-state index in [-0.39, 0.29) is 29.3 Å². The maximum atomic E-state index is 13.6. The molecule has 150 valence electrons. The Morgan fingerprint density at radius 2 is 1.77 bits per heavy atom. The first kappa shape index (κ1) is 25.0. The predicted octanol–water partition coefficient (Wildman–Crippen LogP) is 5.00. The van der Waals surface area contributed by atoms with Gasteiger partial charge in [-0.05, 0) is 43.7 Å². The first-order valence-corrected chi connectivity index (χ1v) is 9.16. The van der Waals surface area contributed by atoms with Crippen LogP contribution in [0.3, 0.4) is 0 Å². The zero-order valence-corrected chi connectivity index (χ0v) is 17.6. The van der Waals surface area contributed by atoms with Crippen LogP contribution in [0, 0.1) is 17.7 Å². The first-order valence-electron chi connectivity index (χ1n) is 8.78. The van der Waals surface area contributed by atoms with Crippen LogP contribution in [0.5, 0.6) is 5.75 Å². The smallest absolute Gasteiger partial charge is 0.323 e. The van der Waals surface area contributed by atoms with Gasteiger partial charge in [0.05, 0.1) is 0 Å². The number of carbonyl (C=O) groups is 1. The van der Waals surface area contributed by atoms with Gasteiger partial charge in [-0.1, -0.05) is 39.3 Å². The molecule has 0 heterocycles. The normalized spacial score (nSPS) is 14.5. The Kier molecular flexibility index (Phi) is 11.2. The lowest BCUT2D eigenvalue weighted by Crippen LogP contribution is -2.44. The van der Waals surface area contributed by atoms with Crippen molar-refractivity contribution >= 4 is 30.0 Å². The molecule has 0 aromatic heterocycles. The van der Waals surface area contributed by atoms with E-state index in [1.54, 1.807) is 13.0 Å². The van der Waals surface area contributed by atoms with E-state index >= 15 is 0 Å². The number of hydrogen-bond acceptors (Lipinski definition) is 4. The summed E-state index contributed by atoms with van der Waals surface area (Å²) in [6.07, 6.45) is 0.727. The largest absolute Gasteiger partial charge is 0.486 e. The van der Waals surface area contributed by atoms with Crippen LogP contribution in [0.25, 0.3) is 0 Å². The molecule has 0 fully saturated rings. The van der Waals surface area contributed by atoms with Gasteiger partial charge in [0, 0.05) is 11.1 Å². The van der Waals surface area contributed by atoms with Gasteiger partial charge in [0.1, 0.15) is 29.8 Å². The molecule has 0 aliphatic carbocycles. The van der Waals surface area contributed by atoms with Gasteiger partial charge in [-0.25, -0.2) is 4.39 Å². The van der Waals surface area contributed by atoms with Crippen LogP contribution in [0.1, 0.15) is 47.5 Å². The highest BCUT2D eigenvalue weighted by Gasteiger charge is 2.31. The van der Waals surface area contributed by atoms with Crippen molar-refractivity contribution in [3.8, 4) is 5.75 Å². The molecule has 0 saturated carbocycles. The maximum Gasteiger partial charge on any atom is 0.323 e. The van der Waals surface area contributed by atoms with Gasteiger partial charge in [0.2, 0.25) is 0 Å². The number of halogens is 3. The second kappa shape index (κ2) is 11.6.